The third kappa shape index (κ3) is 5.68. The van der Waals surface area contributed by atoms with E-state index >= 15 is 0 Å². The number of halogens is 4. The van der Waals surface area contributed by atoms with Gasteiger partial charge in [0.2, 0.25) is 5.96 Å². The van der Waals surface area contributed by atoms with Crippen LogP contribution < -0.4 is 10.6 Å². The van der Waals surface area contributed by atoms with E-state index in [1.54, 1.807) is 6.08 Å². The van der Waals surface area contributed by atoms with Crippen molar-refractivity contribution in [3.63, 3.8) is 0 Å². The molecule has 1 amide bonds. The third-order valence-corrected chi connectivity index (χ3v) is 5.18. The van der Waals surface area contributed by atoms with E-state index in [9.17, 15) is 18.0 Å². The van der Waals surface area contributed by atoms with Crippen molar-refractivity contribution in [2.24, 2.45) is 15.2 Å². The molecule has 1 unspecified atom stereocenters. The molecule has 1 aliphatic heterocycles. The fraction of sp³-hybridized carbons (Fsp3) is 0.0833. The van der Waals surface area contributed by atoms with Crippen molar-refractivity contribution >= 4 is 23.5 Å². The second-order valence-corrected chi connectivity index (χ2v) is 7.64. The molecule has 0 saturated carbocycles. The van der Waals surface area contributed by atoms with E-state index in [-0.39, 0.29) is 29.1 Å². The minimum absolute atomic E-state index is 0.00789. The summed E-state index contributed by atoms with van der Waals surface area (Å²) in [5, 5.41) is 13.8. The van der Waals surface area contributed by atoms with Gasteiger partial charge in [-0.25, -0.2) is 18.2 Å². The lowest BCUT2D eigenvalue weighted by atomic mass is 10.1. The zero-order chi connectivity index (χ0) is 24.1. The second-order valence-electron chi connectivity index (χ2n) is 7.23. The number of azo groups is 1. The number of carbonyl (C=O) groups is 1. The average molecular weight is 484 g/mol. The Labute approximate surface area is 197 Å². The highest BCUT2D eigenvalue weighted by Crippen LogP contribution is 2.26. The predicted molar refractivity (Wildman–Crippen MR) is 122 cm³/mol. The van der Waals surface area contributed by atoms with Crippen LogP contribution in [-0.2, 0) is 6.54 Å². The summed E-state index contributed by atoms with van der Waals surface area (Å²) in [6.45, 7) is -0.00789. The van der Waals surface area contributed by atoms with Gasteiger partial charge in [0.25, 0.3) is 5.91 Å². The lowest BCUT2D eigenvalue weighted by Crippen LogP contribution is -2.40. The normalized spacial score (nSPS) is 15.2. The number of hydrogen-bond acceptors (Lipinski definition) is 4. The van der Waals surface area contributed by atoms with Crippen LogP contribution in [0.5, 0.6) is 0 Å². The van der Waals surface area contributed by atoms with Gasteiger partial charge >= 0.3 is 0 Å². The smallest absolute Gasteiger partial charge is 0.258 e. The number of guanidine groups is 1. The van der Waals surface area contributed by atoms with Crippen LogP contribution in [0, 0.1) is 17.5 Å². The number of aliphatic imine (C=N–C) groups is 1. The molecule has 3 aromatic carbocycles. The molecular formula is C24H17ClF3N5O. The van der Waals surface area contributed by atoms with Gasteiger partial charge in [0, 0.05) is 10.6 Å². The second kappa shape index (κ2) is 10.3. The summed E-state index contributed by atoms with van der Waals surface area (Å²) in [7, 11) is 0. The summed E-state index contributed by atoms with van der Waals surface area (Å²) in [5.41, 5.74) is 1.32. The van der Waals surface area contributed by atoms with Crippen molar-refractivity contribution in [3.8, 4) is 0 Å². The molecule has 172 valence electrons. The van der Waals surface area contributed by atoms with Gasteiger partial charge in [-0.2, -0.15) is 5.11 Å². The van der Waals surface area contributed by atoms with Crippen LogP contribution in [0.1, 0.15) is 27.5 Å². The highest BCUT2D eigenvalue weighted by molar-refractivity contribution is 6.31. The van der Waals surface area contributed by atoms with Gasteiger partial charge in [-0.05, 0) is 47.5 Å². The first-order valence-electron chi connectivity index (χ1n) is 10.1. The molecule has 0 aromatic heterocycles. The minimum atomic E-state index is -1.16. The van der Waals surface area contributed by atoms with Crippen molar-refractivity contribution < 1.29 is 18.0 Å². The summed E-state index contributed by atoms with van der Waals surface area (Å²) < 4.78 is 40.1. The van der Waals surface area contributed by atoms with Crippen LogP contribution >= 0.6 is 11.6 Å². The van der Waals surface area contributed by atoms with Crippen LogP contribution in [0.2, 0.25) is 5.02 Å². The molecule has 6 nitrogen and oxygen atoms in total. The van der Waals surface area contributed by atoms with E-state index in [2.05, 4.69) is 25.9 Å². The Kier molecular flexibility index (Phi) is 7.03. The number of amides is 1. The summed E-state index contributed by atoms with van der Waals surface area (Å²) in [4.78, 5) is 16.9. The Morgan fingerprint density at radius 2 is 1.79 bits per heavy atom. The zero-order valence-corrected chi connectivity index (χ0v) is 18.2. The van der Waals surface area contributed by atoms with E-state index in [1.807, 2.05) is 30.3 Å². The largest absolute Gasteiger partial charge is 0.309 e. The Bertz CT molecular complexity index is 1310. The molecule has 4 rings (SSSR count). The first-order valence-corrected chi connectivity index (χ1v) is 10.5. The Morgan fingerprint density at radius 1 is 1.00 bits per heavy atom. The van der Waals surface area contributed by atoms with Crippen LogP contribution in [0.3, 0.4) is 0 Å². The Morgan fingerprint density at radius 3 is 2.53 bits per heavy atom. The maximum Gasteiger partial charge on any atom is 0.258 e. The quantitative estimate of drug-likeness (QED) is 0.361. The number of nitrogens with zero attached hydrogens (tertiary/aromatic N) is 3. The summed E-state index contributed by atoms with van der Waals surface area (Å²) in [6.07, 6.45) is 1.74. The molecule has 3 aromatic rings. The van der Waals surface area contributed by atoms with Crippen molar-refractivity contribution in [1.82, 2.24) is 10.6 Å². The molecular weight excluding hydrogens is 467 g/mol. The molecule has 0 bridgehead atoms. The number of rotatable bonds is 5. The predicted octanol–water partition coefficient (Wildman–Crippen LogP) is 5.68. The molecule has 1 atom stereocenters. The number of benzene rings is 3. The number of carbonyl (C=O) groups excluding carboxylic acids is 1. The zero-order valence-electron chi connectivity index (χ0n) is 17.5. The van der Waals surface area contributed by atoms with Crippen LogP contribution in [0.15, 0.2) is 93.8 Å². The molecule has 2 N–H and O–H groups in total. The first kappa shape index (κ1) is 23.2. The maximum atomic E-state index is 13.6. The van der Waals surface area contributed by atoms with Gasteiger partial charge < -0.3 is 5.32 Å². The van der Waals surface area contributed by atoms with E-state index in [4.69, 9.17) is 11.6 Å². The van der Waals surface area contributed by atoms with Gasteiger partial charge in [0.15, 0.2) is 17.5 Å². The molecule has 0 fully saturated rings. The SMILES string of the molecule is O=C(NC(=NCc1ccc(F)cc1Cl)NC1=CC(c2ccccc2)N=N1)c1ccc(F)c(F)c1. The van der Waals surface area contributed by atoms with Gasteiger partial charge in [0.1, 0.15) is 11.9 Å². The maximum absolute atomic E-state index is 13.6. The standard InChI is InChI=1S/C24H17ClF3N5O/c25-18-11-17(26)8-6-16(18)13-29-24(31-23(34)15-7-9-19(27)20(28)10-15)30-22-12-21(32-33-22)14-4-2-1-3-5-14/h1-12,21H,13H2,(H2,29,30,31,34). The van der Waals surface area contributed by atoms with E-state index in [1.165, 1.54) is 12.1 Å². The lowest BCUT2D eigenvalue weighted by Gasteiger charge is -2.11. The van der Waals surface area contributed by atoms with E-state index in [0.29, 0.717) is 11.4 Å². The fourth-order valence-electron chi connectivity index (χ4n) is 3.08. The van der Waals surface area contributed by atoms with E-state index < -0.39 is 23.4 Å². The molecule has 0 saturated heterocycles. The van der Waals surface area contributed by atoms with Crippen molar-refractivity contribution in [3.05, 3.63) is 118 Å². The van der Waals surface area contributed by atoms with Crippen LogP contribution in [0.25, 0.3) is 0 Å². The third-order valence-electron chi connectivity index (χ3n) is 4.83. The van der Waals surface area contributed by atoms with Gasteiger partial charge in [0.05, 0.1) is 6.54 Å². The summed E-state index contributed by atoms with van der Waals surface area (Å²) in [5.74, 6) is -3.16. The van der Waals surface area contributed by atoms with Crippen LogP contribution in [-0.4, -0.2) is 11.9 Å². The monoisotopic (exact) mass is 483 g/mol. The Hall–Kier alpha value is -3.98. The minimum Gasteiger partial charge on any atom is -0.309 e. The van der Waals surface area contributed by atoms with Gasteiger partial charge in [-0.3, -0.25) is 10.1 Å². The molecule has 1 aliphatic rings. The molecule has 0 aliphatic carbocycles. The van der Waals surface area contributed by atoms with Crippen molar-refractivity contribution in [1.29, 1.82) is 0 Å². The van der Waals surface area contributed by atoms with Gasteiger partial charge in [-0.1, -0.05) is 48.0 Å². The highest BCUT2D eigenvalue weighted by atomic mass is 35.5. The fourth-order valence-corrected chi connectivity index (χ4v) is 3.31. The molecule has 34 heavy (non-hydrogen) atoms. The molecule has 1 heterocycles. The first-order chi connectivity index (χ1) is 16.4. The molecule has 10 heteroatoms. The summed E-state index contributed by atoms with van der Waals surface area (Å²) in [6, 6.07) is 15.8. The topological polar surface area (TPSA) is 78.2 Å². The van der Waals surface area contributed by atoms with Crippen molar-refractivity contribution in [2.45, 2.75) is 12.6 Å². The molecule has 0 radical (unpaired) electrons. The van der Waals surface area contributed by atoms with Gasteiger partial charge in [-0.15, -0.1) is 5.11 Å². The molecule has 0 spiro atoms. The van der Waals surface area contributed by atoms with Crippen LogP contribution in [0.4, 0.5) is 13.2 Å². The Balaban J connectivity index is 1.56. The average Bonchev–Trinajstić information content (AvgIpc) is 3.29. The lowest BCUT2D eigenvalue weighted by molar-refractivity contribution is 0.0975. The number of hydrogen-bond donors (Lipinski definition) is 2. The number of nitrogens with one attached hydrogen (secondary N) is 2. The van der Waals surface area contributed by atoms with E-state index in [0.717, 1.165) is 29.8 Å². The highest BCUT2D eigenvalue weighted by Gasteiger charge is 2.18. The van der Waals surface area contributed by atoms with Crippen molar-refractivity contribution in [2.75, 3.05) is 0 Å². The summed E-state index contributed by atoms with van der Waals surface area (Å²) >= 11 is 6.06.